The van der Waals surface area contributed by atoms with E-state index in [1.54, 1.807) is 0 Å². The van der Waals surface area contributed by atoms with E-state index in [9.17, 15) is 0 Å². The maximum Gasteiger partial charge on any atom is 0.0373 e. The second kappa shape index (κ2) is 3.74. The van der Waals surface area contributed by atoms with Gasteiger partial charge in [-0.15, -0.1) is 0 Å². The van der Waals surface area contributed by atoms with Gasteiger partial charge in [-0.2, -0.15) is 0 Å². The average Bonchev–Trinajstić information content (AvgIpc) is 2.25. The van der Waals surface area contributed by atoms with Gasteiger partial charge < -0.3 is 4.90 Å². The Labute approximate surface area is 111 Å². The van der Waals surface area contributed by atoms with Gasteiger partial charge in [0.15, 0.2) is 0 Å². The maximum absolute atomic E-state index is 3.51. The molecule has 1 fully saturated rings. The lowest BCUT2D eigenvalue weighted by Crippen LogP contribution is -2.53. The molecule has 1 aliphatic rings. The molecule has 1 nitrogen and oxygen atoms in total. The molecule has 0 radical (unpaired) electrons. The van der Waals surface area contributed by atoms with Gasteiger partial charge in [-0.1, -0.05) is 41.9 Å². The van der Waals surface area contributed by atoms with Crippen molar-refractivity contribution in [1.29, 1.82) is 0 Å². The highest BCUT2D eigenvalue weighted by Gasteiger charge is 2.34. The zero-order valence-corrected chi connectivity index (χ0v) is 11.8. The summed E-state index contributed by atoms with van der Waals surface area (Å²) < 4.78 is 1.14. The minimum Gasteiger partial charge on any atom is -0.370 e. The number of hydrogen-bond donors (Lipinski definition) is 0. The third-order valence-electron chi connectivity index (χ3n) is 3.39. The molecular weight excluding hydrogens is 274 g/mol. The van der Waals surface area contributed by atoms with Crippen molar-refractivity contribution < 1.29 is 0 Å². The monoisotopic (exact) mass is 289 g/mol. The second-order valence-corrected chi connectivity index (χ2v) is 6.61. The fourth-order valence-corrected chi connectivity index (χ4v) is 2.95. The first kappa shape index (κ1) is 11.1. The largest absolute Gasteiger partial charge is 0.370 e. The van der Waals surface area contributed by atoms with Crippen molar-refractivity contribution in [3.05, 3.63) is 40.9 Å². The predicted molar refractivity (Wildman–Crippen MR) is 77.6 cm³/mol. The Kier molecular flexibility index (Phi) is 2.44. The van der Waals surface area contributed by atoms with Crippen LogP contribution in [0.3, 0.4) is 0 Å². The van der Waals surface area contributed by atoms with Crippen molar-refractivity contribution in [2.45, 2.75) is 13.8 Å². The van der Waals surface area contributed by atoms with E-state index < -0.39 is 0 Å². The molecule has 88 valence electrons. The second-order valence-electron chi connectivity index (χ2n) is 5.70. The molecule has 2 aromatic carbocycles. The van der Waals surface area contributed by atoms with Crippen LogP contribution in [0.15, 0.2) is 40.9 Å². The topological polar surface area (TPSA) is 3.24 Å². The minimum atomic E-state index is 0.481. The van der Waals surface area contributed by atoms with Crippen LogP contribution in [-0.4, -0.2) is 13.1 Å². The van der Waals surface area contributed by atoms with Gasteiger partial charge in [0, 0.05) is 23.2 Å². The number of fused-ring (bicyclic) bond motifs is 1. The van der Waals surface area contributed by atoms with E-state index in [1.165, 1.54) is 16.5 Å². The van der Waals surface area contributed by atoms with Gasteiger partial charge in [-0.3, -0.25) is 0 Å². The van der Waals surface area contributed by atoms with Crippen molar-refractivity contribution in [3.63, 3.8) is 0 Å². The molecule has 0 aliphatic carbocycles. The normalized spacial score (nSPS) is 18.2. The summed E-state index contributed by atoms with van der Waals surface area (Å²) >= 11 is 3.51. The lowest BCUT2D eigenvalue weighted by Gasteiger charge is -2.47. The van der Waals surface area contributed by atoms with Gasteiger partial charge in [-0.25, -0.2) is 0 Å². The Morgan fingerprint density at radius 3 is 2.35 bits per heavy atom. The van der Waals surface area contributed by atoms with Crippen molar-refractivity contribution >= 4 is 32.4 Å². The Hall–Kier alpha value is -1.02. The van der Waals surface area contributed by atoms with E-state index >= 15 is 0 Å². The van der Waals surface area contributed by atoms with Gasteiger partial charge in [0.1, 0.15) is 0 Å². The lowest BCUT2D eigenvalue weighted by atomic mass is 9.84. The summed E-state index contributed by atoms with van der Waals surface area (Å²) in [6, 6.07) is 13.2. The first-order chi connectivity index (χ1) is 8.03. The summed E-state index contributed by atoms with van der Waals surface area (Å²) in [5, 5.41) is 2.61. The Morgan fingerprint density at radius 2 is 1.65 bits per heavy atom. The van der Waals surface area contributed by atoms with Gasteiger partial charge >= 0.3 is 0 Å². The third kappa shape index (κ3) is 2.06. The van der Waals surface area contributed by atoms with Crippen LogP contribution in [0.5, 0.6) is 0 Å². The number of anilines is 1. The molecule has 17 heavy (non-hydrogen) atoms. The molecular formula is C15H16BrN. The molecule has 0 N–H and O–H groups in total. The smallest absolute Gasteiger partial charge is 0.0373 e. The van der Waals surface area contributed by atoms with E-state index in [2.05, 4.69) is 71.1 Å². The number of halogens is 1. The number of hydrogen-bond acceptors (Lipinski definition) is 1. The molecule has 0 aromatic heterocycles. The van der Waals surface area contributed by atoms with E-state index in [0.717, 1.165) is 17.6 Å². The van der Waals surface area contributed by atoms with Crippen LogP contribution < -0.4 is 4.90 Å². The van der Waals surface area contributed by atoms with Crippen molar-refractivity contribution in [3.8, 4) is 0 Å². The van der Waals surface area contributed by atoms with Crippen LogP contribution in [0.1, 0.15) is 13.8 Å². The van der Waals surface area contributed by atoms with Gasteiger partial charge in [-0.05, 0) is 40.5 Å². The van der Waals surface area contributed by atoms with Crippen molar-refractivity contribution in [1.82, 2.24) is 0 Å². The summed E-state index contributed by atoms with van der Waals surface area (Å²) in [5.41, 5.74) is 1.83. The first-order valence-electron chi connectivity index (χ1n) is 5.98. The Balaban J connectivity index is 1.95. The third-order valence-corrected chi connectivity index (χ3v) is 3.88. The molecule has 0 atom stereocenters. The van der Waals surface area contributed by atoms with Crippen LogP contribution in [0.25, 0.3) is 10.8 Å². The zero-order chi connectivity index (χ0) is 12.0. The van der Waals surface area contributed by atoms with E-state index in [0.29, 0.717) is 5.41 Å². The van der Waals surface area contributed by atoms with Gasteiger partial charge in [0.25, 0.3) is 0 Å². The molecule has 3 rings (SSSR count). The molecule has 0 unspecified atom stereocenters. The standard InChI is InChI=1S/C15H16BrN/c1-15(2)9-17(10-15)14-6-4-11-7-13(16)5-3-12(11)8-14/h3-8H,9-10H2,1-2H3. The van der Waals surface area contributed by atoms with Crippen molar-refractivity contribution in [2.75, 3.05) is 18.0 Å². The molecule has 0 bridgehead atoms. The summed E-state index contributed by atoms with van der Waals surface area (Å²) in [4.78, 5) is 2.45. The van der Waals surface area contributed by atoms with Gasteiger partial charge in [0.2, 0.25) is 0 Å². The van der Waals surface area contributed by atoms with Gasteiger partial charge in [0.05, 0.1) is 0 Å². The number of benzene rings is 2. The summed E-state index contributed by atoms with van der Waals surface area (Å²) in [7, 11) is 0. The van der Waals surface area contributed by atoms with E-state index in [-0.39, 0.29) is 0 Å². The fourth-order valence-electron chi connectivity index (χ4n) is 2.57. The van der Waals surface area contributed by atoms with Crippen LogP contribution in [0, 0.1) is 5.41 Å². The summed E-state index contributed by atoms with van der Waals surface area (Å²) in [5.74, 6) is 0. The highest BCUT2D eigenvalue weighted by atomic mass is 79.9. The number of nitrogens with zero attached hydrogens (tertiary/aromatic N) is 1. The molecule has 0 amide bonds. The van der Waals surface area contributed by atoms with Crippen LogP contribution >= 0.6 is 15.9 Å². The summed E-state index contributed by atoms with van der Waals surface area (Å²) in [6.07, 6.45) is 0. The molecule has 2 heteroatoms. The molecule has 0 saturated carbocycles. The molecule has 0 spiro atoms. The SMILES string of the molecule is CC1(C)CN(c2ccc3cc(Br)ccc3c2)C1. The molecule has 1 saturated heterocycles. The minimum absolute atomic E-state index is 0.481. The quantitative estimate of drug-likeness (QED) is 0.750. The summed E-state index contributed by atoms with van der Waals surface area (Å²) in [6.45, 7) is 6.97. The maximum atomic E-state index is 3.51. The highest BCUT2D eigenvalue weighted by molar-refractivity contribution is 9.10. The van der Waals surface area contributed by atoms with E-state index in [1.807, 2.05) is 0 Å². The lowest BCUT2D eigenvalue weighted by molar-refractivity contribution is 0.276. The fraction of sp³-hybridized carbons (Fsp3) is 0.333. The number of rotatable bonds is 1. The van der Waals surface area contributed by atoms with Crippen LogP contribution in [0.4, 0.5) is 5.69 Å². The molecule has 1 heterocycles. The molecule has 2 aromatic rings. The highest BCUT2D eigenvalue weighted by Crippen LogP contribution is 2.34. The van der Waals surface area contributed by atoms with Crippen LogP contribution in [0.2, 0.25) is 0 Å². The zero-order valence-electron chi connectivity index (χ0n) is 10.2. The molecule has 1 aliphatic heterocycles. The predicted octanol–water partition coefficient (Wildman–Crippen LogP) is 4.45. The van der Waals surface area contributed by atoms with Crippen molar-refractivity contribution in [2.24, 2.45) is 5.41 Å². The average molecular weight is 290 g/mol. The Morgan fingerprint density at radius 1 is 1.00 bits per heavy atom. The van der Waals surface area contributed by atoms with E-state index in [4.69, 9.17) is 0 Å². The van der Waals surface area contributed by atoms with Crippen LogP contribution in [-0.2, 0) is 0 Å². The first-order valence-corrected chi connectivity index (χ1v) is 6.77. The Bertz CT molecular complexity index is 566.